The molecule has 160 valence electrons. The summed E-state index contributed by atoms with van der Waals surface area (Å²) in [6, 6.07) is 6.66. The Morgan fingerprint density at radius 1 is 1.33 bits per heavy atom. The highest BCUT2D eigenvalue weighted by atomic mass is 16.4. The molecule has 2 saturated heterocycles. The first-order chi connectivity index (χ1) is 14.4. The third-order valence-corrected chi connectivity index (χ3v) is 6.03. The standard InChI is InChI=1S/C22H28N4O4/c1-3-11-23-19(27)9-8-17-13-24-21(28)20-18(25(17)2)10-12-26(20)14-15-4-6-16(7-5-15)22(29)30/h1,4-7,17-18,20H,8-14H2,2H3,(H,23,27)(H,24,28)(H,29,30)/t17-,18+,20-/m0/s1. The van der Waals surface area contributed by atoms with E-state index in [4.69, 9.17) is 11.5 Å². The fraction of sp³-hybridized carbons (Fsp3) is 0.500. The summed E-state index contributed by atoms with van der Waals surface area (Å²) >= 11 is 0. The first-order valence-corrected chi connectivity index (χ1v) is 10.2. The van der Waals surface area contributed by atoms with E-state index in [0.29, 0.717) is 25.9 Å². The molecular formula is C22H28N4O4. The predicted molar refractivity (Wildman–Crippen MR) is 112 cm³/mol. The lowest BCUT2D eigenvalue weighted by molar-refractivity contribution is -0.126. The highest BCUT2D eigenvalue weighted by Crippen LogP contribution is 2.28. The summed E-state index contributed by atoms with van der Waals surface area (Å²) < 4.78 is 0. The van der Waals surface area contributed by atoms with Crippen LogP contribution >= 0.6 is 0 Å². The molecule has 3 N–H and O–H groups in total. The van der Waals surface area contributed by atoms with Crippen LogP contribution < -0.4 is 10.6 Å². The lowest BCUT2D eigenvalue weighted by Crippen LogP contribution is -2.49. The molecule has 0 aliphatic carbocycles. The van der Waals surface area contributed by atoms with Crippen LogP contribution in [0.2, 0.25) is 0 Å². The number of hydrogen-bond donors (Lipinski definition) is 3. The zero-order valence-electron chi connectivity index (χ0n) is 17.1. The van der Waals surface area contributed by atoms with Gasteiger partial charge in [0.25, 0.3) is 0 Å². The Bertz CT molecular complexity index is 833. The van der Waals surface area contributed by atoms with Crippen molar-refractivity contribution in [2.24, 2.45) is 0 Å². The van der Waals surface area contributed by atoms with Crippen LogP contribution in [0.25, 0.3) is 0 Å². The summed E-state index contributed by atoms with van der Waals surface area (Å²) in [5, 5.41) is 14.8. The third kappa shape index (κ3) is 4.99. The maximum Gasteiger partial charge on any atom is 0.335 e. The Labute approximate surface area is 176 Å². The fourth-order valence-corrected chi connectivity index (χ4v) is 4.35. The Hall–Kier alpha value is -2.89. The molecule has 1 aromatic rings. The number of likely N-dealkylation sites (N-methyl/N-ethyl adjacent to an activating group) is 1. The molecule has 0 unspecified atom stereocenters. The average Bonchev–Trinajstić information content (AvgIpc) is 3.10. The molecule has 2 fully saturated rings. The van der Waals surface area contributed by atoms with Crippen molar-refractivity contribution in [2.75, 3.05) is 26.7 Å². The molecule has 0 bridgehead atoms. The molecular weight excluding hydrogens is 384 g/mol. The number of fused-ring (bicyclic) bond motifs is 1. The number of terminal acetylenes is 1. The number of nitrogens with one attached hydrogen (secondary N) is 2. The number of hydrogen-bond acceptors (Lipinski definition) is 5. The average molecular weight is 412 g/mol. The zero-order valence-corrected chi connectivity index (χ0v) is 17.1. The fourth-order valence-electron chi connectivity index (χ4n) is 4.35. The second-order valence-corrected chi connectivity index (χ2v) is 7.86. The van der Waals surface area contributed by atoms with Crippen LogP contribution in [-0.2, 0) is 16.1 Å². The van der Waals surface area contributed by atoms with Crippen LogP contribution in [-0.4, -0.2) is 77.5 Å². The lowest BCUT2D eigenvalue weighted by Gasteiger charge is -2.33. The van der Waals surface area contributed by atoms with Crippen LogP contribution in [0, 0.1) is 12.3 Å². The Balaban J connectivity index is 1.64. The molecule has 0 saturated carbocycles. The van der Waals surface area contributed by atoms with E-state index in [2.05, 4.69) is 26.4 Å². The maximum absolute atomic E-state index is 12.9. The van der Waals surface area contributed by atoms with Gasteiger partial charge in [0.1, 0.15) is 6.04 Å². The number of nitrogens with zero attached hydrogens (tertiary/aromatic N) is 2. The third-order valence-electron chi connectivity index (χ3n) is 6.03. The van der Waals surface area contributed by atoms with Gasteiger partial charge in [-0.25, -0.2) is 4.79 Å². The lowest BCUT2D eigenvalue weighted by atomic mass is 10.0. The second kappa shape index (κ2) is 9.74. The Kier molecular flexibility index (Phi) is 7.08. The van der Waals surface area contributed by atoms with Gasteiger partial charge in [-0.15, -0.1) is 6.42 Å². The number of carboxylic acids is 1. The van der Waals surface area contributed by atoms with Crippen molar-refractivity contribution in [1.29, 1.82) is 0 Å². The minimum Gasteiger partial charge on any atom is -0.478 e. The molecule has 2 amide bonds. The van der Waals surface area contributed by atoms with E-state index in [1.807, 2.05) is 7.05 Å². The first-order valence-electron chi connectivity index (χ1n) is 10.2. The number of likely N-dealkylation sites (tertiary alicyclic amines) is 1. The van der Waals surface area contributed by atoms with Crippen LogP contribution in [0.4, 0.5) is 0 Å². The number of benzene rings is 1. The topological polar surface area (TPSA) is 102 Å². The molecule has 2 aliphatic rings. The quantitative estimate of drug-likeness (QED) is 0.557. The van der Waals surface area contributed by atoms with E-state index in [0.717, 1.165) is 18.5 Å². The molecule has 3 atom stereocenters. The summed E-state index contributed by atoms with van der Waals surface area (Å²) in [7, 11) is 2.02. The molecule has 8 nitrogen and oxygen atoms in total. The largest absolute Gasteiger partial charge is 0.478 e. The van der Waals surface area contributed by atoms with Gasteiger partial charge in [0.05, 0.1) is 12.1 Å². The maximum atomic E-state index is 12.9. The van der Waals surface area contributed by atoms with Gasteiger partial charge in [0.15, 0.2) is 0 Å². The number of carbonyl (C=O) groups is 3. The zero-order chi connectivity index (χ0) is 21.7. The minimum atomic E-state index is -0.952. The molecule has 8 heteroatoms. The highest BCUT2D eigenvalue weighted by molar-refractivity contribution is 5.87. The van der Waals surface area contributed by atoms with Gasteiger partial charge in [-0.1, -0.05) is 18.1 Å². The molecule has 1 aromatic carbocycles. The van der Waals surface area contributed by atoms with Crippen molar-refractivity contribution in [3.63, 3.8) is 0 Å². The van der Waals surface area contributed by atoms with E-state index in [9.17, 15) is 14.4 Å². The van der Waals surface area contributed by atoms with Crippen LogP contribution in [0.5, 0.6) is 0 Å². The summed E-state index contributed by atoms with van der Waals surface area (Å²) in [4.78, 5) is 40.2. The number of rotatable bonds is 7. The SMILES string of the molecule is C#CCNC(=O)CC[C@H]1CNC(=O)[C@@H]2[C@@H](CCN2Cc2ccc(C(=O)O)cc2)N1C. The molecule has 30 heavy (non-hydrogen) atoms. The van der Waals surface area contributed by atoms with Gasteiger partial charge >= 0.3 is 5.97 Å². The summed E-state index contributed by atoms with van der Waals surface area (Å²) in [6.45, 7) is 2.10. The van der Waals surface area contributed by atoms with Crippen molar-refractivity contribution >= 4 is 17.8 Å². The van der Waals surface area contributed by atoms with E-state index >= 15 is 0 Å². The summed E-state index contributed by atoms with van der Waals surface area (Å²) in [6.07, 6.45) is 7.04. The minimum absolute atomic E-state index is 0.00536. The van der Waals surface area contributed by atoms with Crippen molar-refractivity contribution < 1.29 is 19.5 Å². The van der Waals surface area contributed by atoms with Crippen LogP contribution in [0.1, 0.15) is 35.2 Å². The second-order valence-electron chi connectivity index (χ2n) is 7.86. The molecule has 3 rings (SSSR count). The molecule has 0 spiro atoms. The molecule has 2 heterocycles. The molecule has 0 aromatic heterocycles. The van der Waals surface area contributed by atoms with E-state index < -0.39 is 5.97 Å². The Morgan fingerprint density at radius 2 is 2.07 bits per heavy atom. The van der Waals surface area contributed by atoms with E-state index in [1.165, 1.54) is 0 Å². The van der Waals surface area contributed by atoms with Crippen LogP contribution in [0.3, 0.4) is 0 Å². The number of carbonyl (C=O) groups excluding carboxylic acids is 2. The van der Waals surface area contributed by atoms with E-state index in [-0.39, 0.29) is 42.0 Å². The molecule has 0 radical (unpaired) electrons. The van der Waals surface area contributed by atoms with Crippen molar-refractivity contribution in [1.82, 2.24) is 20.4 Å². The smallest absolute Gasteiger partial charge is 0.335 e. The van der Waals surface area contributed by atoms with Crippen LogP contribution in [0.15, 0.2) is 24.3 Å². The van der Waals surface area contributed by atoms with Gasteiger partial charge in [-0.2, -0.15) is 0 Å². The van der Waals surface area contributed by atoms with Gasteiger partial charge in [-0.3, -0.25) is 19.4 Å². The normalized spacial score (nSPS) is 24.4. The Morgan fingerprint density at radius 3 is 2.73 bits per heavy atom. The highest BCUT2D eigenvalue weighted by Gasteiger charge is 2.44. The van der Waals surface area contributed by atoms with Gasteiger partial charge in [0, 0.05) is 38.1 Å². The number of amides is 2. The number of aromatic carboxylic acids is 1. The molecule has 2 aliphatic heterocycles. The number of carboxylic acid groups (broad SMARTS) is 1. The van der Waals surface area contributed by atoms with Crippen molar-refractivity contribution in [3.8, 4) is 12.3 Å². The summed E-state index contributed by atoms with van der Waals surface area (Å²) in [5.74, 6) is 1.37. The predicted octanol–water partition coefficient (Wildman–Crippen LogP) is 0.288. The van der Waals surface area contributed by atoms with Crippen molar-refractivity contribution in [2.45, 2.75) is 43.9 Å². The first kappa shape index (κ1) is 21.8. The van der Waals surface area contributed by atoms with Crippen molar-refractivity contribution in [3.05, 3.63) is 35.4 Å². The van der Waals surface area contributed by atoms with E-state index in [1.54, 1.807) is 24.3 Å². The van der Waals surface area contributed by atoms with Gasteiger partial charge < -0.3 is 15.7 Å². The summed E-state index contributed by atoms with van der Waals surface area (Å²) in [5.41, 5.74) is 1.22. The van der Waals surface area contributed by atoms with Gasteiger partial charge in [0.2, 0.25) is 11.8 Å². The van der Waals surface area contributed by atoms with Gasteiger partial charge in [-0.05, 0) is 37.6 Å². The monoisotopic (exact) mass is 412 g/mol.